The molecule has 0 saturated carbocycles. The van der Waals surface area contributed by atoms with E-state index in [1.54, 1.807) is 0 Å². The number of carbonyl (C=O) groups excluding carboxylic acids is 1. The van der Waals surface area contributed by atoms with E-state index >= 15 is 0 Å². The van der Waals surface area contributed by atoms with Crippen LogP contribution in [0.4, 0.5) is 13.2 Å². The van der Waals surface area contributed by atoms with Crippen LogP contribution >= 0.6 is 0 Å². The van der Waals surface area contributed by atoms with Crippen LogP contribution in [0.5, 0.6) is 5.75 Å². The van der Waals surface area contributed by atoms with E-state index in [0.717, 1.165) is 37.6 Å². The average molecular weight is 439 g/mol. The molecule has 10 heteroatoms. The molecule has 3 rings (SSSR count). The van der Waals surface area contributed by atoms with Gasteiger partial charge in [-0.05, 0) is 30.7 Å². The van der Waals surface area contributed by atoms with Crippen molar-refractivity contribution in [3.8, 4) is 17.0 Å². The van der Waals surface area contributed by atoms with Gasteiger partial charge in [-0.15, -0.1) is 0 Å². The molecule has 0 saturated heterocycles. The third kappa shape index (κ3) is 3.82. The first kappa shape index (κ1) is 21.6. The molecule has 1 heterocycles. The maximum atomic E-state index is 13.1. The fourth-order valence-electron chi connectivity index (χ4n) is 3.16. The number of ether oxygens (including phenoxy) is 1. The van der Waals surface area contributed by atoms with Gasteiger partial charge in [0.15, 0.2) is 9.84 Å². The van der Waals surface area contributed by atoms with Crippen molar-refractivity contribution in [2.75, 3.05) is 13.4 Å². The maximum absolute atomic E-state index is 13.1. The van der Waals surface area contributed by atoms with E-state index in [1.807, 2.05) is 0 Å². The number of benzene rings is 2. The lowest BCUT2D eigenvalue weighted by molar-refractivity contribution is -0.137. The zero-order valence-electron chi connectivity index (χ0n) is 16.0. The van der Waals surface area contributed by atoms with Gasteiger partial charge in [-0.2, -0.15) is 13.2 Å². The highest BCUT2D eigenvalue weighted by molar-refractivity contribution is 7.90. The number of aromatic hydroxyl groups is 1. The number of esters is 1. The first-order valence-electron chi connectivity index (χ1n) is 8.48. The SMILES string of the molecule is COC(=O)c1c(C)c(-c2cccc(C(F)(F)F)c2)nc2cc(O)c(S(C)(=O)=O)cc12. The first-order chi connectivity index (χ1) is 13.8. The number of hydrogen-bond acceptors (Lipinski definition) is 6. The Balaban J connectivity index is 2.41. The van der Waals surface area contributed by atoms with E-state index in [2.05, 4.69) is 4.98 Å². The predicted octanol–water partition coefficient (Wildman–Crippen LogP) is 4.12. The first-order valence-corrected chi connectivity index (χ1v) is 10.4. The molecule has 158 valence electrons. The van der Waals surface area contributed by atoms with Crippen molar-refractivity contribution in [2.24, 2.45) is 0 Å². The Labute approximate surface area is 169 Å². The van der Waals surface area contributed by atoms with Crippen LogP contribution in [-0.2, 0) is 20.8 Å². The van der Waals surface area contributed by atoms with Crippen molar-refractivity contribution >= 4 is 26.7 Å². The van der Waals surface area contributed by atoms with Crippen LogP contribution in [0.3, 0.4) is 0 Å². The van der Waals surface area contributed by atoms with Crippen LogP contribution in [0.15, 0.2) is 41.3 Å². The van der Waals surface area contributed by atoms with Crippen LogP contribution in [0, 0.1) is 6.92 Å². The van der Waals surface area contributed by atoms with Crippen molar-refractivity contribution in [2.45, 2.75) is 18.0 Å². The molecular weight excluding hydrogens is 423 g/mol. The van der Waals surface area contributed by atoms with Crippen molar-refractivity contribution in [3.63, 3.8) is 0 Å². The lowest BCUT2D eigenvalue weighted by Gasteiger charge is -2.15. The number of alkyl halides is 3. The minimum Gasteiger partial charge on any atom is -0.507 e. The van der Waals surface area contributed by atoms with Crippen LogP contribution in [0.1, 0.15) is 21.5 Å². The second kappa shape index (κ2) is 7.28. The van der Waals surface area contributed by atoms with Crippen LogP contribution < -0.4 is 0 Å². The van der Waals surface area contributed by atoms with E-state index in [4.69, 9.17) is 4.74 Å². The number of aromatic nitrogens is 1. The van der Waals surface area contributed by atoms with Crippen LogP contribution in [0.2, 0.25) is 0 Å². The number of methoxy groups -OCH3 is 1. The molecule has 1 N–H and O–H groups in total. The van der Waals surface area contributed by atoms with Crippen molar-refractivity contribution in [3.05, 3.63) is 53.1 Å². The molecule has 1 aromatic heterocycles. The molecule has 0 atom stereocenters. The molecule has 6 nitrogen and oxygen atoms in total. The largest absolute Gasteiger partial charge is 0.507 e. The van der Waals surface area contributed by atoms with Gasteiger partial charge in [0, 0.05) is 23.3 Å². The van der Waals surface area contributed by atoms with Gasteiger partial charge in [0.25, 0.3) is 0 Å². The van der Waals surface area contributed by atoms with Gasteiger partial charge in [-0.25, -0.2) is 18.2 Å². The number of rotatable bonds is 3. The maximum Gasteiger partial charge on any atom is 0.416 e. The van der Waals surface area contributed by atoms with E-state index in [-0.39, 0.29) is 33.3 Å². The third-order valence-electron chi connectivity index (χ3n) is 4.56. The van der Waals surface area contributed by atoms with Crippen molar-refractivity contribution in [1.29, 1.82) is 0 Å². The molecule has 0 unspecified atom stereocenters. The van der Waals surface area contributed by atoms with E-state index in [9.17, 15) is 31.5 Å². The molecule has 0 bridgehead atoms. The number of fused-ring (bicyclic) bond motifs is 1. The molecule has 30 heavy (non-hydrogen) atoms. The molecular formula is C20H16F3NO5S. The Kier molecular flexibility index (Phi) is 5.23. The lowest BCUT2D eigenvalue weighted by Crippen LogP contribution is -2.09. The summed E-state index contributed by atoms with van der Waals surface area (Å²) >= 11 is 0. The minimum atomic E-state index is -4.57. The summed E-state index contributed by atoms with van der Waals surface area (Å²) in [5.41, 5.74) is -0.547. The van der Waals surface area contributed by atoms with Crippen LogP contribution in [0.25, 0.3) is 22.2 Å². The third-order valence-corrected chi connectivity index (χ3v) is 5.69. The van der Waals surface area contributed by atoms with E-state index in [1.165, 1.54) is 19.1 Å². The Morgan fingerprint density at radius 3 is 2.40 bits per heavy atom. The number of carbonyl (C=O) groups is 1. The molecule has 0 aliphatic carbocycles. The highest BCUT2D eigenvalue weighted by atomic mass is 32.2. The number of halogens is 3. The normalized spacial score (nSPS) is 12.2. The quantitative estimate of drug-likeness (QED) is 0.617. The Bertz CT molecular complexity index is 1280. The minimum absolute atomic E-state index is 0.0262. The summed E-state index contributed by atoms with van der Waals surface area (Å²) in [6.45, 7) is 1.47. The molecule has 0 fully saturated rings. The second-order valence-corrected chi connectivity index (χ2v) is 8.62. The number of phenolic OH excluding ortho intramolecular Hbond substituents is 1. The summed E-state index contributed by atoms with van der Waals surface area (Å²) in [4.78, 5) is 16.4. The molecule has 2 aromatic carbocycles. The lowest BCUT2D eigenvalue weighted by atomic mass is 9.96. The Morgan fingerprint density at radius 2 is 1.83 bits per heavy atom. The highest BCUT2D eigenvalue weighted by Gasteiger charge is 2.31. The van der Waals surface area contributed by atoms with Gasteiger partial charge in [-0.1, -0.05) is 12.1 Å². The second-order valence-electron chi connectivity index (χ2n) is 6.64. The average Bonchev–Trinajstić information content (AvgIpc) is 2.65. The van der Waals surface area contributed by atoms with Gasteiger partial charge in [0.2, 0.25) is 0 Å². The molecule has 0 aliphatic heterocycles. The summed E-state index contributed by atoms with van der Waals surface area (Å²) in [5, 5.41) is 10.2. The van der Waals surface area contributed by atoms with E-state index in [0.29, 0.717) is 0 Å². The zero-order valence-corrected chi connectivity index (χ0v) is 16.9. The van der Waals surface area contributed by atoms with Gasteiger partial charge in [0.05, 0.1) is 29.4 Å². The van der Waals surface area contributed by atoms with Crippen molar-refractivity contribution in [1.82, 2.24) is 4.98 Å². The summed E-state index contributed by atoms with van der Waals surface area (Å²) < 4.78 is 68.1. The summed E-state index contributed by atoms with van der Waals surface area (Å²) in [7, 11) is -2.71. The standard InChI is InChI=1S/C20H16F3NO5S/c1-10-17(19(26)29-2)13-8-16(30(3,27)28)15(25)9-14(13)24-18(10)11-5-4-6-12(7-11)20(21,22)23/h4-9,25H,1-3H3. The number of pyridine rings is 1. The van der Waals surface area contributed by atoms with Gasteiger partial charge in [0.1, 0.15) is 10.6 Å². The number of phenols is 1. The molecule has 0 aliphatic rings. The fraction of sp³-hybridized carbons (Fsp3) is 0.200. The molecule has 0 amide bonds. The number of hydrogen-bond donors (Lipinski definition) is 1. The fourth-order valence-corrected chi connectivity index (χ4v) is 3.93. The van der Waals surface area contributed by atoms with Crippen molar-refractivity contribution < 1.29 is 36.2 Å². The number of sulfone groups is 1. The predicted molar refractivity (Wildman–Crippen MR) is 103 cm³/mol. The smallest absolute Gasteiger partial charge is 0.416 e. The molecule has 0 radical (unpaired) electrons. The molecule has 3 aromatic rings. The zero-order chi connectivity index (χ0) is 22.4. The van der Waals surface area contributed by atoms with Gasteiger partial charge in [-0.3, -0.25) is 0 Å². The number of nitrogens with zero attached hydrogens (tertiary/aromatic N) is 1. The van der Waals surface area contributed by atoms with Gasteiger partial charge >= 0.3 is 12.1 Å². The summed E-state index contributed by atoms with van der Waals surface area (Å²) in [5.74, 6) is -1.41. The highest BCUT2D eigenvalue weighted by Crippen LogP contribution is 2.37. The summed E-state index contributed by atoms with van der Waals surface area (Å²) in [6, 6.07) is 6.57. The molecule has 0 spiro atoms. The van der Waals surface area contributed by atoms with Gasteiger partial charge < -0.3 is 9.84 Å². The van der Waals surface area contributed by atoms with E-state index < -0.39 is 38.2 Å². The van der Waals surface area contributed by atoms with Crippen LogP contribution in [-0.4, -0.2) is 37.8 Å². The Hall–Kier alpha value is -3.14. The monoisotopic (exact) mass is 439 g/mol. The summed E-state index contributed by atoms with van der Waals surface area (Å²) in [6.07, 6.45) is -3.68. The Morgan fingerprint density at radius 1 is 1.17 bits per heavy atom. The topological polar surface area (TPSA) is 93.6 Å².